The number of sulfonamides is 1. The van der Waals surface area contributed by atoms with Crippen molar-refractivity contribution in [2.75, 3.05) is 14.1 Å². The standard InChI is InChI=1S/C10H16N2O5S/c1-7(10(13)14)11-6-8-4-5-9(17-8)18(15,16)12(2)3/h4-5,7,11H,6H2,1-3H3,(H,13,14). The lowest BCUT2D eigenvalue weighted by Gasteiger charge is -2.08. The van der Waals surface area contributed by atoms with Crippen molar-refractivity contribution in [2.24, 2.45) is 0 Å². The van der Waals surface area contributed by atoms with Crippen molar-refractivity contribution in [2.45, 2.75) is 24.6 Å². The number of hydrogen-bond donors (Lipinski definition) is 2. The maximum atomic E-state index is 11.7. The number of rotatable bonds is 6. The molecule has 0 saturated carbocycles. The molecule has 0 aromatic carbocycles. The molecule has 7 nitrogen and oxygen atoms in total. The SMILES string of the molecule is CC(NCc1ccc(S(=O)(=O)N(C)C)o1)C(=O)O. The molecule has 1 heterocycles. The minimum Gasteiger partial charge on any atom is -0.480 e. The van der Waals surface area contributed by atoms with Gasteiger partial charge in [0.05, 0.1) is 6.54 Å². The van der Waals surface area contributed by atoms with E-state index in [0.29, 0.717) is 5.76 Å². The molecule has 1 atom stereocenters. The van der Waals surface area contributed by atoms with Crippen molar-refractivity contribution in [3.8, 4) is 0 Å². The van der Waals surface area contributed by atoms with Crippen molar-refractivity contribution in [3.05, 3.63) is 17.9 Å². The molecule has 8 heteroatoms. The van der Waals surface area contributed by atoms with E-state index in [1.165, 1.54) is 33.2 Å². The summed E-state index contributed by atoms with van der Waals surface area (Å²) in [7, 11) is -0.778. The Morgan fingerprint density at radius 1 is 1.50 bits per heavy atom. The quantitative estimate of drug-likeness (QED) is 0.764. The number of carbonyl (C=O) groups is 1. The van der Waals surface area contributed by atoms with Gasteiger partial charge in [0.1, 0.15) is 11.8 Å². The summed E-state index contributed by atoms with van der Waals surface area (Å²) in [6, 6.07) is 2.11. The Balaban J connectivity index is 2.73. The Morgan fingerprint density at radius 2 is 2.11 bits per heavy atom. The van der Waals surface area contributed by atoms with Gasteiger partial charge >= 0.3 is 5.97 Å². The summed E-state index contributed by atoms with van der Waals surface area (Å²) in [5.74, 6) is -0.619. The highest BCUT2D eigenvalue weighted by Gasteiger charge is 2.21. The summed E-state index contributed by atoms with van der Waals surface area (Å²) >= 11 is 0. The van der Waals surface area contributed by atoms with E-state index < -0.39 is 22.0 Å². The number of carboxylic acid groups (broad SMARTS) is 1. The molecule has 2 N–H and O–H groups in total. The van der Waals surface area contributed by atoms with Crippen LogP contribution in [0.4, 0.5) is 0 Å². The molecule has 18 heavy (non-hydrogen) atoms. The van der Waals surface area contributed by atoms with Crippen LogP contribution in [0.1, 0.15) is 12.7 Å². The Morgan fingerprint density at radius 3 is 2.61 bits per heavy atom. The third-order valence-electron chi connectivity index (χ3n) is 2.32. The van der Waals surface area contributed by atoms with Crippen molar-refractivity contribution >= 4 is 16.0 Å². The first-order valence-corrected chi connectivity index (χ1v) is 6.66. The van der Waals surface area contributed by atoms with Gasteiger partial charge in [0.25, 0.3) is 10.0 Å². The van der Waals surface area contributed by atoms with Gasteiger partial charge < -0.3 is 9.52 Å². The zero-order chi connectivity index (χ0) is 13.9. The van der Waals surface area contributed by atoms with Gasteiger partial charge in [-0.05, 0) is 19.1 Å². The van der Waals surface area contributed by atoms with E-state index in [2.05, 4.69) is 5.32 Å². The van der Waals surface area contributed by atoms with Gasteiger partial charge in [0.15, 0.2) is 0 Å². The lowest BCUT2D eigenvalue weighted by Crippen LogP contribution is -2.32. The summed E-state index contributed by atoms with van der Waals surface area (Å²) in [5.41, 5.74) is 0. The predicted octanol–water partition coefficient (Wildman–Crippen LogP) is 0.0926. The van der Waals surface area contributed by atoms with E-state index in [0.717, 1.165) is 4.31 Å². The maximum Gasteiger partial charge on any atom is 0.320 e. The highest BCUT2D eigenvalue weighted by molar-refractivity contribution is 7.88. The third-order valence-corrected chi connectivity index (χ3v) is 4.01. The van der Waals surface area contributed by atoms with E-state index in [1.54, 1.807) is 0 Å². The number of aliphatic carboxylic acids is 1. The van der Waals surface area contributed by atoms with Crippen LogP contribution in [-0.4, -0.2) is 43.9 Å². The lowest BCUT2D eigenvalue weighted by atomic mass is 10.3. The normalized spacial score (nSPS) is 13.8. The highest BCUT2D eigenvalue weighted by atomic mass is 32.2. The highest BCUT2D eigenvalue weighted by Crippen LogP contribution is 2.16. The molecule has 0 aliphatic rings. The first kappa shape index (κ1) is 14.7. The van der Waals surface area contributed by atoms with Crippen LogP contribution in [0.15, 0.2) is 21.6 Å². The van der Waals surface area contributed by atoms with E-state index >= 15 is 0 Å². The molecule has 0 saturated heterocycles. The topological polar surface area (TPSA) is 99.9 Å². The number of nitrogens with zero attached hydrogens (tertiary/aromatic N) is 1. The van der Waals surface area contributed by atoms with Crippen molar-refractivity contribution in [1.29, 1.82) is 0 Å². The Labute approximate surface area is 105 Å². The molecule has 0 radical (unpaired) electrons. The zero-order valence-corrected chi connectivity index (χ0v) is 11.2. The fourth-order valence-electron chi connectivity index (χ4n) is 1.11. The van der Waals surface area contributed by atoms with Crippen LogP contribution in [-0.2, 0) is 21.4 Å². The second-order valence-electron chi connectivity index (χ2n) is 3.95. The van der Waals surface area contributed by atoms with Crippen LogP contribution < -0.4 is 5.32 Å². The Bertz CT molecular complexity index is 520. The van der Waals surface area contributed by atoms with Gasteiger partial charge in [0, 0.05) is 14.1 Å². The third kappa shape index (κ3) is 3.31. The molecule has 1 aromatic rings. The van der Waals surface area contributed by atoms with Crippen LogP contribution in [0.25, 0.3) is 0 Å². The van der Waals surface area contributed by atoms with E-state index in [-0.39, 0.29) is 11.6 Å². The Kier molecular flexibility index (Phi) is 4.49. The largest absolute Gasteiger partial charge is 0.480 e. The minimum absolute atomic E-state index is 0.149. The number of furan rings is 1. The lowest BCUT2D eigenvalue weighted by molar-refractivity contribution is -0.139. The minimum atomic E-state index is -3.59. The summed E-state index contributed by atoms with van der Waals surface area (Å²) in [6.07, 6.45) is 0. The molecular weight excluding hydrogens is 260 g/mol. The summed E-state index contributed by atoms with van der Waals surface area (Å²) in [5, 5.41) is 11.2. The van der Waals surface area contributed by atoms with Crippen molar-refractivity contribution < 1.29 is 22.7 Å². The van der Waals surface area contributed by atoms with Gasteiger partial charge in [-0.25, -0.2) is 12.7 Å². The second kappa shape index (κ2) is 5.51. The van der Waals surface area contributed by atoms with E-state index in [4.69, 9.17) is 9.52 Å². The van der Waals surface area contributed by atoms with Gasteiger partial charge in [-0.1, -0.05) is 0 Å². The second-order valence-corrected chi connectivity index (χ2v) is 6.03. The molecule has 1 rings (SSSR count). The zero-order valence-electron chi connectivity index (χ0n) is 10.4. The van der Waals surface area contributed by atoms with Crippen LogP contribution in [0, 0.1) is 0 Å². The van der Waals surface area contributed by atoms with E-state index in [9.17, 15) is 13.2 Å². The molecule has 102 valence electrons. The predicted molar refractivity (Wildman–Crippen MR) is 63.5 cm³/mol. The molecule has 0 amide bonds. The van der Waals surface area contributed by atoms with Gasteiger partial charge in [-0.2, -0.15) is 0 Å². The van der Waals surface area contributed by atoms with E-state index in [1.807, 2.05) is 0 Å². The van der Waals surface area contributed by atoms with Crippen LogP contribution in [0.3, 0.4) is 0 Å². The maximum absolute atomic E-state index is 11.7. The number of nitrogens with one attached hydrogen (secondary N) is 1. The molecule has 1 aromatic heterocycles. The average molecular weight is 276 g/mol. The monoisotopic (exact) mass is 276 g/mol. The van der Waals surface area contributed by atoms with Crippen LogP contribution in [0.2, 0.25) is 0 Å². The average Bonchev–Trinajstić information content (AvgIpc) is 2.74. The smallest absolute Gasteiger partial charge is 0.320 e. The van der Waals surface area contributed by atoms with Crippen molar-refractivity contribution in [1.82, 2.24) is 9.62 Å². The van der Waals surface area contributed by atoms with Gasteiger partial charge in [0.2, 0.25) is 5.09 Å². The number of hydrogen-bond acceptors (Lipinski definition) is 5. The first-order chi connectivity index (χ1) is 8.25. The molecule has 1 unspecified atom stereocenters. The molecule has 0 fully saturated rings. The van der Waals surface area contributed by atoms with Crippen LogP contribution >= 0.6 is 0 Å². The first-order valence-electron chi connectivity index (χ1n) is 5.22. The Hall–Kier alpha value is -1.38. The fourth-order valence-corrected chi connectivity index (χ4v) is 1.93. The molecule has 0 aliphatic heterocycles. The summed E-state index contributed by atoms with van der Waals surface area (Å²) < 4.78 is 29.6. The molecular formula is C10H16N2O5S. The fraction of sp³-hybridized carbons (Fsp3) is 0.500. The van der Waals surface area contributed by atoms with Gasteiger partial charge in [-0.15, -0.1) is 0 Å². The van der Waals surface area contributed by atoms with Crippen LogP contribution in [0.5, 0.6) is 0 Å². The van der Waals surface area contributed by atoms with Gasteiger partial charge in [-0.3, -0.25) is 10.1 Å². The molecule has 0 aliphatic carbocycles. The van der Waals surface area contributed by atoms with Crippen molar-refractivity contribution in [3.63, 3.8) is 0 Å². The molecule has 0 spiro atoms. The summed E-state index contributed by atoms with van der Waals surface area (Å²) in [6.45, 7) is 1.64. The molecule has 0 bridgehead atoms. The number of carboxylic acids is 1. The summed E-state index contributed by atoms with van der Waals surface area (Å²) in [4.78, 5) is 10.6.